The van der Waals surface area contributed by atoms with Gasteiger partial charge in [0.05, 0.1) is 24.0 Å². The third kappa shape index (κ3) is 4.51. The lowest BCUT2D eigenvalue weighted by Gasteiger charge is -2.36. The maximum absolute atomic E-state index is 15.0. The lowest BCUT2D eigenvalue weighted by atomic mass is 9.84. The summed E-state index contributed by atoms with van der Waals surface area (Å²) >= 11 is 0. The number of rotatable bonds is 5. The van der Waals surface area contributed by atoms with Gasteiger partial charge in [-0.25, -0.2) is 19.4 Å². The Labute approximate surface area is 193 Å². The first-order valence-electron chi connectivity index (χ1n) is 10.9. The van der Waals surface area contributed by atoms with E-state index in [1.165, 1.54) is 31.9 Å². The lowest BCUT2D eigenvalue weighted by Crippen LogP contribution is -2.46. The summed E-state index contributed by atoms with van der Waals surface area (Å²) in [5, 5.41) is 3.10. The molecule has 180 valence electrons. The number of halogens is 4. The highest BCUT2D eigenvalue weighted by Crippen LogP contribution is 2.42. The third-order valence-electron chi connectivity index (χ3n) is 6.16. The van der Waals surface area contributed by atoms with Crippen molar-refractivity contribution in [3.05, 3.63) is 53.1 Å². The summed E-state index contributed by atoms with van der Waals surface area (Å²) in [4.78, 5) is 13.0. The molecule has 0 spiro atoms. The van der Waals surface area contributed by atoms with E-state index >= 15 is 4.39 Å². The van der Waals surface area contributed by atoms with Crippen LogP contribution < -0.4 is 15.8 Å². The van der Waals surface area contributed by atoms with Crippen molar-refractivity contribution in [1.29, 1.82) is 0 Å². The van der Waals surface area contributed by atoms with E-state index < -0.39 is 36.1 Å². The second-order valence-electron chi connectivity index (χ2n) is 8.98. The predicted octanol–water partition coefficient (Wildman–Crippen LogP) is 4.07. The molecule has 3 aliphatic rings. The molecule has 0 unspecified atom stereocenters. The van der Waals surface area contributed by atoms with Crippen molar-refractivity contribution in [2.24, 2.45) is 21.6 Å². The zero-order valence-electron chi connectivity index (χ0n) is 18.3. The number of aromatic nitrogens is 1. The van der Waals surface area contributed by atoms with Gasteiger partial charge in [0, 0.05) is 18.5 Å². The van der Waals surface area contributed by atoms with Gasteiger partial charge in [0.25, 0.3) is 6.02 Å². The molecular weight excluding hydrogens is 454 g/mol. The molecule has 3 heterocycles. The van der Waals surface area contributed by atoms with Crippen LogP contribution in [0.3, 0.4) is 0 Å². The number of hydrogen-bond acceptors (Lipinski definition) is 7. The first-order valence-corrected chi connectivity index (χ1v) is 10.9. The highest BCUT2D eigenvalue weighted by atomic mass is 19.4. The first-order chi connectivity index (χ1) is 16.1. The van der Waals surface area contributed by atoms with Gasteiger partial charge < -0.3 is 20.5 Å². The van der Waals surface area contributed by atoms with Gasteiger partial charge in [-0.3, -0.25) is 0 Å². The number of pyridine rings is 1. The Morgan fingerprint density at radius 2 is 2.06 bits per heavy atom. The second kappa shape index (κ2) is 8.14. The van der Waals surface area contributed by atoms with Gasteiger partial charge in [0.1, 0.15) is 17.3 Å². The van der Waals surface area contributed by atoms with Gasteiger partial charge in [-0.15, -0.1) is 0 Å². The zero-order chi connectivity index (χ0) is 24.1. The molecule has 1 saturated carbocycles. The van der Waals surface area contributed by atoms with Gasteiger partial charge in [-0.1, -0.05) is 0 Å². The molecule has 5 rings (SSSR count). The van der Waals surface area contributed by atoms with Crippen molar-refractivity contribution in [2.75, 3.05) is 6.61 Å². The van der Waals surface area contributed by atoms with E-state index in [4.69, 9.17) is 10.5 Å². The summed E-state index contributed by atoms with van der Waals surface area (Å²) in [6.45, 7) is 2.36. The number of nitrogens with zero attached hydrogens (tertiary/aromatic N) is 3. The van der Waals surface area contributed by atoms with E-state index in [2.05, 4.69) is 25.0 Å². The minimum absolute atomic E-state index is 0.0338. The topological polar surface area (TPSA) is 94.1 Å². The lowest BCUT2D eigenvalue weighted by molar-refractivity contribution is -0.208. The average molecular weight is 477 g/mol. The summed E-state index contributed by atoms with van der Waals surface area (Å²) in [7, 11) is 0. The van der Waals surface area contributed by atoms with Crippen LogP contribution in [0.1, 0.15) is 43.0 Å². The molecule has 1 aromatic heterocycles. The molecule has 2 atom stereocenters. The molecule has 0 bridgehead atoms. The molecule has 0 saturated heterocycles. The van der Waals surface area contributed by atoms with E-state index in [0.29, 0.717) is 41.1 Å². The molecule has 11 heteroatoms. The monoisotopic (exact) mass is 477 g/mol. The van der Waals surface area contributed by atoms with E-state index in [1.807, 2.05) is 0 Å². The van der Waals surface area contributed by atoms with Crippen molar-refractivity contribution in [2.45, 2.75) is 50.6 Å². The van der Waals surface area contributed by atoms with Crippen LogP contribution >= 0.6 is 0 Å². The van der Waals surface area contributed by atoms with Crippen LogP contribution in [0.15, 0.2) is 40.4 Å². The van der Waals surface area contributed by atoms with E-state index in [0.717, 1.165) is 0 Å². The van der Waals surface area contributed by atoms with Gasteiger partial charge in [-0.2, -0.15) is 13.2 Å². The highest BCUT2D eigenvalue weighted by molar-refractivity contribution is 5.99. The van der Waals surface area contributed by atoms with Crippen LogP contribution in [0.4, 0.5) is 23.2 Å². The largest absolute Gasteiger partial charge is 0.492 e. The van der Waals surface area contributed by atoms with Gasteiger partial charge in [-0.05, 0) is 55.5 Å². The fraction of sp³-hybridized carbons (Fsp3) is 0.435. The fourth-order valence-electron chi connectivity index (χ4n) is 4.07. The van der Waals surface area contributed by atoms with Crippen LogP contribution in [0.5, 0.6) is 5.75 Å². The predicted molar refractivity (Wildman–Crippen MR) is 116 cm³/mol. The SMILES string of the molecule is C[C@@]1(c2cc3c(cc2F)CNC(c2ccc(OCC4CC4)cn2)=N3)C[C@@H](C(F)(F)F)OC(N)=N1. The Balaban J connectivity index is 1.43. The van der Waals surface area contributed by atoms with Gasteiger partial charge in [0.15, 0.2) is 11.9 Å². The van der Waals surface area contributed by atoms with E-state index in [9.17, 15) is 13.2 Å². The van der Waals surface area contributed by atoms with Gasteiger partial charge in [0.2, 0.25) is 0 Å². The maximum atomic E-state index is 15.0. The molecule has 3 N–H and O–H groups in total. The number of amidine groups is 2. The molecule has 1 aliphatic carbocycles. The number of alkyl halides is 3. The molecule has 2 aliphatic heterocycles. The quantitative estimate of drug-likeness (QED) is 0.634. The normalized spacial score (nSPS) is 24.3. The second-order valence-corrected chi connectivity index (χ2v) is 8.98. The molecule has 1 aromatic carbocycles. The summed E-state index contributed by atoms with van der Waals surface area (Å²) in [5.74, 6) is 1.07. The van der Waals surface area contributed by atoms with Crippen LogP contribution in [0, 0.1) is 11.7 Å². The van der Waals surface area contributed by atoms with Crippen LogP contribution in [0.25, 0.3) is 0 Å². The maximum Gasteiger partial charge on any atom is 0.425 e. The molecule has 0 amide bonds. The summed E-state index contributed by atoms with van der Waals surface area (Å²) < 4.78 is 65.4. The van der Waals surface area contributed by atoms with Gasteiger partial charge >= 0.3 is 6.18 Å². The summed E-state index contributed by atoms with van der Waals surface area (Å²) in [6, 6.07) is 5.62. The molecule has 34 heavy (non-hydrogen) atoms. The smallest absolute Gasteiger partial charge is 0.425 e. The van der Waals surface area contributed by atoms with Crippen LogP contribution in [-0.2, 0) is 16.8 Å². The number of ether oxygens (including phenoxy) is 2. The van der Waals surface area contributed by atoms with E-state index in [-0.39, 0.29) is 12.1 Å². The number of benzene rings is 1. The molecule has 0 radical (unpaired) electrons. The Morgan fingerprint density at radius 1 is 1.26 bits per heavy atom. The molecule has 1 fully saturated rings. The standard InChI is InChI=1S/C23H23F4N5O2/c1-22(8-19(23(25,26)27)34-21(28)32-22)15-7-18-13(6-16(15)24)9-30-20(31-18)17-5-4-14(10-29-17)33-11-12-2-3-12/h4-7,10,12,19H,2-3,8-9,11H2,1H3,(H2,28,32)(H,30,31)/t19-,22-/m0/s1. The van der Waals surface area contributed by atoms with Crippen molar-refractivity contribution in [3.8, 4) is 5.75 Å². The van der Waals surface area contributed by atoms with E-state index in [1.54, 1.807) is 18.3 Å². The van der Waals surface area contributed by atoms with Crippen molar-refractivity contribution in [1.82, 2.24) is 10.3 Å². The van der Waals surface area contributed by atoms with Crippen LogP contribution in [0.2, 0.25) is 0 Å². The number of fused-ring (bicyclic) bond motifs is 1. The molecule has 2 aromatic rings. The zero-order valence-corrected chi connectivity index (χ0v) is 18.3. The Hall–Kier alpha value is -3.37. The first kappa shape index (κ1) is 22.4. The van der Waals surface area contributed by atoms with Crippen molar-refractivity contribution < 1.29 is 27.0 Å². The fourth-order valence-corrected chi connectivity index (χ4v) is 4.07. The molecule has 7 nitrogen and oxygen atoms in total. The number of nitrogens with two attached hydrogens (primary N) is 1. The highest BCUT2D eigenvalue weighted by Gasteiger charge is 2.50. The molecular formula is C23H23F4N5O2. The summed E-state index contributed by atoms with van der Waals surface area (Å²) in [6.07, 6.45) is -3.46. The number of nitrogens with one attached hydrogen (secondary N) is 1. The van der Waals surface area contributed by atoms with Crippen molar-refractivity contribution >= 4 is 17.5 Å². The Bertz CT molecular complexity index is 1160. The van der Waals surface area contributed by atoms with Crippen LogP contribution in [-0.4, -0.2) is 35.7 Å². The minimum Gasteiger partial charge on any atom is -0.492 e. The Kier molecular flexibility index (Phi) is 5.37. The average Bonchev–Trinajstić information content (AvgIpc) is 3.61. The number of aliphatic imine (C=N–C) groups is 2. The summed E-state index contributed by atoms with van der Waals surface area (Å²) in [5.41, 5.74) is 5.47. The number of hydrogen-bond donors (Lipinski definition) is 2. The van der Waals surface area contributed by atoms with Crippen molar-refractivity contribution in [3.63, 3.8) is 0 Å². The third-order valence-corrected chi connectivity index (χ3v) is 6.16. The Morgan fingerprint density at radius 3 is 2.74 bits per heavy atom. The minimum atomic E-state index is -4.66.